The summed E-state index contributed by atoms with van der Waals surface area (Å²) in [7, 11) is 0. The predicted octanol–water partition coefficient (Wildman–Crippen LogP) is 3.80. The molecule has 5 heteroatoms. The van der Waals surface area contributed by atoms with E-state index < -0.39 is 23.1 Å². The molecule has 0 aliphatic heterocycles. The summed E-state index contributed by atoms with van der Waals surface area (Å²) in [6.45, 7) is 8.93. The molecule has 0 aromatic carbocycles. The fraction of sp³-hybridized carbons (Fsp3) is 1.00. The fourth-order valence-electron chi connectivity index (χ4n) is 1.02. The van der Waals surface area contributed by atoms with Crippen molar-refractivity contribution in [1.29, 1.82) is 0 Å². The molecule has 0 aromatic heterocycles. The normalized spacial score (nSPS) is 10.1. The average molecular weight is 402 g/mol. The van der Waals surface area contributed by atoms with Crippen LogP contribution < -0.4 is 0 Å². The molecule has 0 N–H and O–H groups in total. The van der Waals surface area contributed by atoms with Crippen LogP contribution in [0.4, 0.5) is 0 Å². The Hall–Kier alpha value is 1.65. The quantitative estimate of drug-likeness (QED) is 0.466. The van der Waals surface area contributed by atoms with E-state index in [9.17, 15) is 0 Å². The Labute approximate surface area is 136 Å². The topological polar surface area (TPSA) is 27.7 Å². The maximum Gasteiger partial charge on any atom is 0 e. The summed E-state index contributed by atoms with van der Waals surface area (Å²) in [6, 6.07) is 0. The number of rotatable bonds is 12. The molecule has 0 aliphatic carbocycles. The van der Waals surface area contributed by atoms with Crippen LogP contribution in [0.15, 0.2) is 0 Å². The van der Waals surface area contributed by atoms with Gasteiger partial charge in [0.2, 0.25) is 0 Å². The summed E-state index contributed by atoms with van der Waals surface area (Å²) in [5.41, 5.74) is 0. The van der Waals surface area contributed by atoms with Gasteiger partial charge in [0.25, 0.3) is 0 Å². The summed E-state index contributed by atoms with van der Waals surface area (Å²) in [5.74, 6) is 0. The molecule has 0 unspecified atom stereocenters. The van der Waals surface area contributed by atoms with E-state index in [0.29, 0.717) is 0 Å². The summed E-state index contributed by atoms with van der Waals surface area (Å²) in [5, 5.41) is 0. The molecule has 0 spiro atoms. The minimum atomic E-state index is -2.40. The Bertz CT molecular complexity index is 113. The summed E-state index contributed by atoms with van der Waals surface area (Å²) in [6.07, 6.45) is 6.83. The van der Waals surface area contributed by atoms with Crippen molar-refractivity contribution in [1.82, 2.24) is 0 Å². The standard InChI is InChI=1S/3C4H9O.2Zr/c3*1-2-3-4-5;;/h3*2-4H2,1H3;;/q3*-1;;+3. The van der Waals surface area contributed by atoms with Crippen LogP contribution in [-0.2, 0) is 57.7 Å². The molecule has 0 aliphatic rings. The maximum absolute atomic E-state index is 5.73. The van der Waals surface area contributed by atoms with Crippen LogP contribution in [0.5, 0.6) is 0 Å². The molecule has 0 saturated carbocycles. The smallest absolute Gasteiger partial charge is 0 e. The van der Waals surface area contributed by atoms with Gasteiger partial charge in [0.1, 0.15) is 0 Å². The van der Waals surface area contributed by atoms with Gasteiger partial charge in [-0.25, -0.2) is 0 Å². The van der Waals surface area contributed by atoms with Gasteiger partial charge in [0.15, 0.2) is 0 Å². The first-order valence-electron chi connectivity index (χ1n) is 6.60. The van der Waals surface area contributed by atoms with Crippen LogP contribution in [0.3, 0.4) is 0 Å². The third-order valence-corrected chi connectivity index (χ3v) is 5.40. The van der Waals surface area contributed by atoms with E-state index in [-0.39, 0.29) is 26.2 Å². The Balaban J connectivity index is 0. The molecule has 101 valence electrons. The van der Waals surface area contributed by atoms with Gasteiger partial charge in [0, 0.05) is 26.2 Å². The summed E-state index contributed by atoms with van der Waals surface area (Å²) >= 11 is -2.40. The van der Waals surface area contributed by atoms with Crippen LogP contribution >= 0.6 is 0 Å². The predicted molar refractivity (Wildman–Crippen MR) is 62.6 cm³/mol. The van der Waals surface area contributed by atoms with Crippen LogP contribution in [0.25, 0.3) is 0 Å². The van der Waals surface area contributed by atoms with Crippen molar-refractivity contribution in [2.75, 3.05) is 19.8 Å². The summed E-state index contributed by atoms with van der Waals surface area (Å²) < 4.78 is 17.2. The first-order valence-corrected chi connectivity index (χ1v) is 9.61. The molecule has 0 fully saturated rings. The van der Waals surface area contributed by atoms with Gasteiger partial charge in [0.05, 0.1) is 0 Å². The zero-order valence-electron chi connectivity index (χ0n) is 11.6. The van der Waals surface area contributed by atoms with Crippen molar-refractivity contribution >= 4 is 0 Å². The van der Waals surface area contributed by atoms with Crippen molar-refractivity contribution in [3.63, 3.8) is 0 Å². The summed E-state index contributed by atoms with van der Waals surface area (Å²) in [4.78, 5) is 0. The van der Waals surface area contributed by atoms with Gasteiger partial charge < -0.3 is 0 Å². The number of unbranched alkanes of at least 4 members (excludes halogenated alkanes) is 3. The molecule has 0 aromatic rings. The van der Waals surface area contributed by atoms with Gasteiger partial charge in [-0.15, -0.1) is 0 Å². The minimum absolute atomic E-state index is 0. The first-order chi connectivity index (χ1) is 7.85. The van der Waals surface area contributed by atoms with Crippen molar-refractivity contribution < 1.29 is 57.7 Å². The zero-order valence-corrected chi connectivity index (χ0v) is 16.5. The van der Waals surface area contributed by atoms with E-state index in [1.807, 2.05) is 0 Å². The second kappa shape index (κ2) is 17.6. The number of hydrogen-bond donors (Lipinski definition) is 0. The van der Waals surface area contributed by atoms with E-state index in [2.05, 4.69) is 20.8 Å². The van der Waals surface area contributed by atoms with Crippen molar-refractivity contribution in [3.05, 3.63) is 0 Å². The molecule has 0 radical (unpaired) electrons. The van der Waals surface area contributed by atoms with Crippen LogP contribution in [0, 0.1) is 0 Å². The van der Waals surface area contributed by atoms with E-state index in [4.69, 9.17) is 8.44 Å². The molecule has 0 heterocycles. The minimum Gasteiger partial charge on any atom is 0 e. The van der Waals surface area contributed by atoms with E-state index >= 15 is 0 Å². The monoisotopic (exact) mass is 399 g/mol. The molecule has 0 rings (SSSR count). The van der Waals surface area contributed by atoms with Crippen LogP contribution in [0.1, 0.15) is 59.3 Å². The van der Waals surface area contributed by atoms with Gasteiger partial charge in [-0.1, -0.05) is 0 Å². The van der Waals surface area contributed by atoms with Crippen molar-refractivity contribution in [3.8, 4) is 0 Å². The average Bonchev–Trinajstić information content (AvgIpc) is 2.29. The van der Waals surface area contributed by atoms with Crippen molar-refractivity contribution in [2.24, 2.45) is 0 Å². The SMILES string of the molecule is CCCC[O][Zr]([O]CCCC)[O]CCCC.[Zr]. The molecule has 0 amide bonds. The maximum atomic E-state index is 5.73. The Morgan fingerprint density at radius 1 is 0.647 bits per heavy atom. The third-order valence-electron chi connectivity index (χ3n) is 2.15. The second-order valence-corrected chi connectivity index (χ2v) is 7.21. The van der Waals surface area contributed by atoms with Gasteiger partial charge in [-0.2, -0.15) is 0 Å². The molecule has 0 bridgehead atoms. The molecule has 0 saturated heterocycles. The zero-order chi connectivity index (χ0) is 12.1. The van der Waals surface area contributed by atoms with Gasteiger partial charge in [-0.05, 0) is 0 Å². The van der Waals surface area contributed by atoms with E-state index in [1.165, 1.54) is 19.3 Å². The Morgan fingerprint density at radius 2 is 0.941 bits per heavy atom. The van der Waals surface area contributed by atoms with Gasteiger partial charge >= 0.3 is 111 Å². The fourth-order valence-corrected chi connectivity index (χ4v) is 3.93. The second-order valence-electron chi connectivity index (χ2n) is 3.86. The van der Waals surface area contributed by atoms with Gasteiger partial charge in [-0.3, -0.25) is 0 Å². The van der Waals surface area contributed by atoms with Crippen molar-refractivity contribution in [2.45, 2.75) is 59.3 Å². The molecule has 3 nitrogen and oxygen atoms in total. The molecule has 17 heavy (non-hydrogen) atoms. The molecular weight excluding hydrogens is 375 g/mol. The first kappa shape index (κ1) is 21.0. The van der Waals surface area contributed by atoms with E-state index in [0.717, 1.165) is 39.1 Å². The largest absolute Gasteiger partial charge is 0 e. The Kier molecular flexibility index (Phi) is 21.8. The molecule has 0 atom stereocenters. The van der Waals surface area contributed by atoms with Crippen LogP contribution in [-0.4, -0.2) is 19.8 Å². The van der Waals surface area contributed by atoms with E-state index in [1.54, 1.807) is 0 Å². The Morgan fingerprint density at radius 3 is 1.18 bits per heavy atom. The third kappa shape index (κ3) is 15.6. The number of hydrogen-bond acceptors (Lipinski definition) is 3. The molecular formula is C12H27O3Zr2. The van der Waals surface area contributed by atoms with Crippen LogP contribution in [0.2, 0.25) is 0 Å².